The van der Waals surface area contributed by atoms with Crippen molar-refractivity contribution < 1.29 is 5.11 Å². The van der Waals surface area contributed by atoms with Crippen molar-refractivity contribution in [3.05, 3.63) is 11.6 Å². The summed E-state index contributed by atoms with van der Waals surface area (Å²) in [5.74, 6) is 2.65. The Kier molecular flexibility index (Phi) is 2.31. The number of hydrogen-bond acceptors (Lipinski definition) is 3. The van der Waals surface area contributed by atoms with E-state index in [-0.39, 0.29) is 0 Å². The van der Waals surface area contributed by atoms with Gasteiger partial charge in [0.15, 0.2) is 5.82 Å². The molecule has 1 saturated carbocycles. The highest BCUT2D eigenvalue weighted by atomic mass is 16.3. The van der Waals surface area contributed by atoms with E-state index in [0.717, 1.165) is 18.7 Å². The summed E-state index contributed by atoms with van der Waals surface area (Å²) < 4.78 is 1.87. The summed E-state index contributed by atoms with van der Waals surface area (Å²) in [6.07, 6.45) is 1.86. The highest BCUT2D eigenvalue weighted by molar-refractivity contribution is 5.03. The molecular weight excluding hydrogens is 178 g/mol. The smallest absolute Gasteiger partial charge is 0.161 e. The summed E-state index contributed by atoms with van der Waals surface area (Å²) in [7, 11) is 1.90. The normalized spacial score (nSPS) is 27.7. The average molecular weight is 195 g/mol. The molecular formula is C10H17N3O. The lowest BCUT2D eigenvalue weighted by molar-refractivity contribution is 0.133. The van der Waals surface area contributed by atoms with Crippen LogP contribution in [-0.2, 0) is 7.05 Å². The zero-order valence-corrected chi connectivity index (χ0v) is 8.94. The third-order valence-corrected chi connectivity index (χ3v) is 3.30. The van der Waals surface area contributed by atoms with E-state index >= 15 is 0 Å². The molecule has 0 aliphatic heterocycles. The molecule has 0 saturated heterocycles. The summed E-state index contributed by atoms with van der Waals surface area (Å²) in [6.45, 7) is 4.06. The first-order valence-corrected chi connectivity index (χ1v) is 5.19. The quantitative estimate of drug-likeness (QED) is 0.788. The molecule has 4 heteroatoms. The van der Waals surface area contributed by atoms with Crippen molar-refractivity contribution in [3.63, 3.8) is 0 Å². The third-order valence-electron chi connectivity index (χ3n) is 3.30. The maximum atomic E-state index is 10.0. The van der Waals surface area contributed by atoms with E-state index in [1.54, 1.807) is 0 Å². The van der Waals surface area contributed by atoms with Crippen LogP contribution in [0.4, 0.5) is 0 Å². The summed E-state index contributed by atoms with van der Waals surface area (Å²) in [5.41, 5.74) is 0. The highest BCUT2D eigenvalue weighted by Crippen LogP contribution is 2.48. The number of aliphatic hydroxyl groups is 1. The number of rotatable bonds is 3. The molecule has 1 aliphatic carbocycles. The van der Waals surface area contributed by atoms with Gasteiger partial charge in [0.25, 0.3) is 0 Å². The predicted octanol–water partition coefficient (Wildman–Crippen LogP) is 1.20. The topological polar surface area (TPSA) is 50.9 Å². The van der Waals surface area contributed by atoms with Gasteiger partial charge in [0.05, 0.1) is 0 Å². The fourth-order valence-corrected chi connectivity index (χ4v) is 2.00. The van der Waals surface area contributed by atoms with Crippen LogP contribution in [0.15, 0.2) is 0 Å². The van der Waals surface area contributed by atoms with E-state index in [9.17, 15) is 5.11 Å². The Hall–Kier alpha value is -0.900. The van der Waals surface area contributed by atoms with Crippen LogP contribution >= 0.6 is 0 Å². The minimum atomic E-state index is -0.425. The third kappa shape index (κ3) is 1.43. The Morgan fingerprint density at radius 1 is 1.57 bits per heavy atom. The molecule has 2 rings (SSSR count). The lowest BCUT2D eigenvalue weighted by Gasteiger charge is -2.09. The van der Waals surface area contributed by atoms with E-state index in [4.69, 9.17) is 0 Å². The maximum Gasteiger partial charge on any atom is 0.161 e. The Morgan fingerprint density at radius 3 is 2.71 bits per heavy atom. The standard InChI is InChI=1S/C10H17N3O/c1-4-7-5-8(7)9(14)10-12-11-6(2)13(10)3/h7-9,14H,4-5H2,1-3H3. The second-order valence-corrected chi connectivity index (χ2v) is 4.18. The van der Waals surface area contributed by atoms with Gasteiger partial charge in [-0.1, -0.05) is 13.3 Å². The molecule has 1 fully saturated rings. The minimum absolute atomic E-state index is 0.405. The fourth-order valence-electron chi connectivity index (χ4n) is 2.00. The minimum Gasteiger partial charge on any atom is -0.385 e. The van der Waals surface area contributed by atoms with Gasteiger partial charge < -0.3 is 9.67 Å². The number of aliphatic hydroxyl groups excluding tert-OH is 1. The maximum absolute atomic E-state index is 10.0. The zero-order valence-electron chi connectivity index (χ0n) is 8.94. The largest absolute Gasteiger partial charge is 0.385 e. The second-order valence-electron chi connectivity index (χ2n) is 4.18. The van der Waals surface area contributed by atoms with Crippen molar-refractivity contribution in [2.24, 2.45) is 18.9 Å². The molecule has 3 atom stereocenters. The molecule has 1 aromatic heterocycles. The summed E-state index contributed by atoms with van der Waals surface area (Å²) in [6, 6.07) is 0. The fraction of sp³-hybridized carbons (Fsp3) is 0.800. The number of nitrogens with zero attached hydrogens (tertiary/aromatic N) is 3. The lowest BCUT2D eigenvalue weighted by atomic mass is 10.1. The molecule has 1 heterocycles. The average Bonchev–Trinajstić information content (AvgIpc) is 2.89. The summed E-state index contributed by atoms with van der Waals surface area (Å²) in [5, 5.41) is 18.0. The van der Waals surface area contributed by atoms with E-state index in [2.05, 4.69) is 17.1 Å². The Balaban J connectivity index is 2.12. The molecule has 14 heavy (non-hydrogen) atoms. The molecule has 1 aliphatic rings. The highest BCUT2D eigenvalue weighted by Gasteiger charge is 2.43. The molecule has 3 unspecified atom stereocenters. The van der Waals surface area contributed by atoms with Gasteiger partial charge in [-0.2, -0.15) is 0 Å². The number of aryl methyl sites for hydroxylation is 1. The van der Waals surface area contributed by atoms with Crippen molar-refractivity contribution in [3.8, 4) is 0 Å². The molecule has 0 amide bonds. The Morgan fingerprint density at radius 2 is 2.29 bits per heavy atom. The summed E-state index contributed by atoms with van der Waals surface area (Å²) >= 11 is 0. The van der Waals surface area contributed by atoms with E-state index in [1.165, 1.54) is 0 Å². The van der Waals surface area contributed by atoms with Crippen molar-refractivity contribution in [2.75, 3.05) is 0 Å². The molecule has 0 spiro atoms. The van der Waals surface area contributed by atoms with Gasteiger partial charge in [0.1, 0.15) is 11.9 Å². The first kappa shape index (κ1) is 9.65. The van der Waals surface area contributed by atoms with Gasteiger partial charge in [-0.15, -0.1) is 10.2 Å². The first-order valence-electron chi connectivity index (χ1n) is 5.19. The van der Waals surface area contributed by atoms with Crippen LogP contribution < -0.4 is 0 Å². The lowest BCUT2D eigenvalue weighted by Crippen LogP contribution is -2.09. The van der Waals surface area contributed by atoms with Crippen LogP contribution in [0.5, 0.6) is 0 Å². The molecule has 0 aromatic carbocycles. The molecule has 0 radical (unpaired) electrons. The number of hydrogen-bond donors (Lipinski definition) is 1. The monoisotopic (exact) mass is 195 g/mol. The van der Waals surface area contributed by atoms with Crippen LogP contribution in [0.3, 0.4) is 0 Å². The van der Waals surface area contributed by atoms with Crippen molar-refractivity contribution >= 4 is 0 Å². The van der Waals surface area contributed by atoms with Crippen molar-refractivity contribution in [1.82, 2.24) is 14.8 Å². The SMILES string of the molecule is CCC1CC1C(O)c1nnc(C)n1C. The van der Waals surface area contributed by atoms with Crippen molar-refractivity contribution in [1.29, 1.82) is 0 Å². The van der Waals surface area contributed by atoms with Crippen LogP contribution in [0.25, 0.3) is 0 Å². The second kappa shape index (κ2) is 3.35. The van der Waals surface area contributed by atoms with Gasteiger partial charge in [0, 0.05) is 7.05 Å². The molecule has 78 valence electrons. The van der Waals surface area contributed by atoms with Crippen LogP contribution in [0, 0.1) is 18.8 Å². The Labute approximate surface area is 84.0 Å². The van der Waals surface area contributed by atoms with E-state index in [1.807, 2.05) is 18.5 Å². The summed E-state index contributed by atoms with van der Waals surface area (Å²) in [4.78, 5) is 0. The molecule has 0 bridgehead atoms. The van der Waals surface area contributed by atoms with E-state index < -0.39 is 6.10 Å². The first-order chi connectivity index (χ1) is 6.65. The van der Waals surface area contributed by atoms with E-state index in [0.29, 0.717) is 17.7 Å². The van der Waals surface area contributed by atoms with Crippen LogP contribution in [-0.4, -0.2) is 19.9 Å². The molecule has 1 N–H and O–H groups in total. The van der Waals surface area contributed by atoms with Gasteiger partial charge >= 0.3 is 0 Å². The predicted molar refractivity (Wildman–Crippen MR) is 52.6 cm³/mol. The molecule has 4 nitrogen and oxygen atoms in total. The van der Waals surface area contributed by atoms with Gasteiger partial charge in [-0.05, 0) is 25.2 Å². The van der Waals surface area contributed by atoms with Crippen LogP contribution in [0.2, 0.25) is 0 Å². The van der Waals surface area contributed by atoms with Gasteiger partial charge in [-0.25, -0.2) is 0 Å². The number of aromatic nitrogens is 3. The van der Waals surface area contributed by atoms with Crippen molar-refractivity contribution in [2.45, 2.75) is 32.8 Å². The zero-order chi connectivity index (χ0) is 10.3. The van der Waals surface area contributed by atoms with Crippen LogP contribution in [0.1, 0.15) is 37.5 Å². The molecule has 1 aromatic rings. The van der Waals surface area contributed by atoms with Gasteiger partial charge in [-0.3, -0.25) is 0 Å². The Bertz CT molecular complexity index is 334. The van der Waals surface area contributed by atoms with Gasteiger partial charge in [0.2, 0.25) is 0 Å².